The molecule has 0 aliphatic carbocycles. The average molecular weight is 235 g/mol. The Balaban J connectivity index is 1.73. The van der Waals surface area contributed by atoms with Gasteiger partial charge in [-0.15, -0.1) is 0 Å². The zero-order chi connectivity index (χ0) is 12.1. The highest BCUT2D eigenvalue weighted by atomic mass is 16.5. The molecule has 2 aromatic rings. The molecule has 0 atom stereocenters. The van der Waals surface area contributed by atoms with Crippen LogP contribution in [0.5, 0.6) is 0 Å². The van der Waals surface area contributed by atoms with E-state index in [9.17, 15) is 0 Å². The Kier molecular flexibility index (Phi) is 3.87. The maximum Gasteiger partial charge on any atom is 0.223 e. The van der Waals surface area contributed by atoms with Gasteiger partial charge in [-0.2, -0.15) is 4.98 Å². The third-order valence-corrected chi connectivity index (χ3v) is 2.54. The Hall–Kier alpha value is -1.69. The van der Waals surface area contributed by atoms with E-state index in [1.54, 1.807) is 6.92 Å². The van der Waals surface area contributed by atoms with Crippen molar-refractivity contribution >= 4 is 0 Å². The van der Waals surface area contributed by atoms with Crippen molar-refractivity contribution in [1.82, 2.24) is 25.0 Å². The topological polar surface area (TPSA) is 68.8 Å². The van der Waals surface area contributed by atoms with E-state index in [0.29, 0.717) is 5.89 Å². The molecular formula is C11H17N5O. The third-order valence-electron chi connectivity index (χ3n) is 2.54. The van der Waals surface area contributed by atoms with Crippen LogP contribution in [0.3, 0.4) is 0 Å². The second-order valence-corrected chi connectivity index (χ2v) is 3.83. The summed E-state index contributed by atoms with van der Waals surface area (Å²) in [5.41, 5.74) is 1.19. The minimum absolute atomic E-state index is 0.615. The fourth-order valence-electron chi connectivity index (χ4n) is 1.64. The second kappa shape index (κ2) is 5.58. The maximum atomic E-state index is 4.90. The molecule has 0 aliphatic rings. The van der Waals surface area contributed by atoms with Crippen LogP contribution < -0.4 is 5.32 Å². The normalized spacial score (nSPS) is 10.9. The number of aromatic nitrogens is 4. The van der Waals surface area contributed by atoms with E-state index < -0.39 is 0 Å². The number of imidazole rings is 1. The van der Waals surface area contributed by atoms with E-state index in [0.717, 1.165) is 31.9 Å². The Bertz CT molecular complexity index is 462. The van der Waals surface area contributed by atoms with Crippen molar-refractivity contribution in [1.29, 1.82) is 0 Å². The van der Waals surface area contributed by atoms with Gasteiger partial charge in [-0.1, -0.05) is 5.16 Å². The van der Waals surface area contributed by atoms with Crippen LogP contribution in [0.4, 0.5) is 0 Å². The molecule has 0 aromatic carbocycles. The summed E-state index contributed by atoms with van der Waals surface area (Å²) in [6, 6.07) is 0. The average Bonchev–Trinajstić information content (AvgIpc) is 2.93. The van der Waals surface area contributed by atoms with E-state index in [2.05, 4.69) is 31.9 Å². The summed E-state index contributed by atoms with van der Waals surface area (Å²) in [4.78, 5) is 8.26. The smallest absolute Gasteiger partial charge is 0.223 e. The summed E-state index contributed by atoms with van der Waals surface area (Å²) in [6.07, 6.45) is 4.51. The highest BCUT2D eigenvalue weighted by molar-refractivity contribution is 4.97. The molecule has 6 nitrogen and oxygen atoms in total. The largest absolute Gasteiger partial charge is 0.340 e. The van der Waals surface area contributed by atoms with Gasteiger partial charge in [0, 0.05) is 39.2 Å². The lowest BCUT2D eigenvalue weighted by molar-refractivity contribution is 0.387. The van der Waals surface area contributed by atoms with Crippen molar-refractivity contribution in [3.8, 4) is 0 Å². The zero-order valence-electron chi connectivity index (χ0n) is 10.2. The van der Waals surface area contributed by atoms with Gasteiger partial charge in [0.15, 0.2) is 5.82 Å². The second-order valence-electron chi connectivity index (χ2n) is 3.83. The molecule has 0 spiro atoms. The number of hydrogen-bond donors (Lipinski definition) is 1. The lowest BCUT2D eigenvalue weighted by Crippen LogP contribution is -2.19. The van der Waals surface area contributed by atoms with Crippen LogP contribution in [-0.4, -0.2) is 26.2 Å². The molecule has 0 amide bonds. The van der Waals surface area contributed by atoms with Crippen LogP contribution in [0, 0.1) is 6.92 Å². The van der Waals surface area contributed by atoms with Gasteiger partial charge in [0.05, 0.1) is 12.0 Å². The predicted molar refractivity (Wildman–Crippen MR) is 62.3 cm³/mol. The molecule has 6 heteroatoms. The Morgan fingerprint density at radius 3 is 3.06 bits per heavy atom. The summed E-state index contributed by atoms with van der Waals surface area (Å²) in [5, 5.41) is 7.18. The molecule has 0 bridgehead atoms. The quantitative estimate of drug-likeness (QED) is 0.754. The van der Waals surface area contributed by atoms with Crippen molar-refractivity contribution in [3.05, 3.63) is 29.9 Å². The number of nitrogens with zero attached hydrogens (tertiary/aromatic N) is 4. The molecule has 0 radical (unpaired) electrons. The summed E-state index contributed by atoms with van der Waals surface area (Å²) in [6.45, 7) is 6.48. The molecule has 0 fully saturated rings. The summed E-state index contributed by atoms with van der Waals surface area (Å²) >= 11 is 0. The Morgan fingerprint density at radius 2 is 2.35 bits per heavy atom. The van der Waals surface area contributed by atoms with Crippen LogP contribution >= 0.6 is 0 Å². The molecule has 0 saturated heterocycles. The first-order chi connectivity index (χ1) is 8.29. The molecular weight excluding hydrogens is 218 g/mol. The van der Waals surface area contributed by atoms with E-state index in [-0.39, 0.29) is 0 Å². The number of aryl methyl sites for hydroxylation is 2. The fourth-order valence-corrected chi connectivity index (χ4v) is 1.64. The molecule has 2 heterocycles. The lowest BCUT2D eigenvalue weighted by Gasteiger charge is -2.05. The van der Waals surface area contributed by atoms with Gasteiger partial charge in [-0.05, 0) is 6.92 Å². The first-order valence-corrected chi connectivity index (χ1v) is 5.78. The van der Waals surface area contributed by atoms with Crippen molar-refractivity contribution in [2.45, 2.75) is 33.4 Å². The molecule has 92 valence electrons. The lowest BCUT2D eigenvalue weighted by atomic mass is 10.4. The standard InChI is InChI=1S/C11H17N5O/c1-3-16-8-13-7-10(16)6-12-5-4-11-14-9(2)17-15-11/h7-8,12H,3-6H2,1-2H3. The van der Waals surface area contributed by atoms with Crippen LogP contribution in [0.15, 0.2) is 17.0 Å². The van der Waals surface area contributed by atoms with Gasteiger partial charge in [-0.25, -0.2) is 4.98 Å². The van der Waals surface area contributed by atoms with Gasteiger partial charge in [-0.3, -0.25) is 0 Å². The van der Waals surface area contributed by atoms with Crippen LogP contribution in [0.2, 0.25) is 0 Å². The van der Waals surface area contributed by atoms with Gasteiger partial charge in [0.2, 0.25) is 5.89 Å². The Labute approximate surface area is 100 Å². The monoisotopic (exact) mass is 235 g/mol. The maximum absolute atomic E-state index is 4.90. The highest BCUT2D eigenvalue weighted by Gasteiger charge is 2.02. The molecule has 0 saturated carbocycles. The van der Waals surface area contributed by atoms with Gasteiger partial charge in [0.25, 0.3) is 0 Å². The molecule has 0 unspecified atom stereocenters. The minimum Gasteiger partial charge on any atom is -0.340 e. The van der Waals surface area contributed by atoms with E-state index in [4.69, 9.17) is 4.52 Å². The van der Waals surface area contributed by atoms with E-state index in [1.807, 2.05) is 12.5 Å². The highest BCUT2D eigenvalue weighted by Crippen LogP contribution is 1.99. The predicted octanol–water partition coefficient (Wildman–Crippen LogP) is 0.927. The van der Waals surface area contributed by atoms with E-state index >= 15 is 0 Å². The summed E-state index contributed by atoms with van der Waals surface area (Å²) in [7, 11) is 0. The van der Waals surface area contributed by atoms with Gasteiger partial charge in [0.1, 0.15) is 0 Å². The van der Waals surface area contributed by atoms with Crippen molar-refractivity contribution < 1.29 is 4.52 Å². The van der Waals surface area contributed by atoms with Crippen LogP contribution in [0.1, 0.15) is 24.3 Å². The van der Waals surface area contributed by atoms with Crippen LogP contribution in [0.25, 0.3) is 0 Å². The van der Waals surface area contributed by atoms with Crippen molar-refractivity contribution in [3.63, 3.8) is 0 Å². The SMILES string of the molecule is CCn1cncc1CNCCc1noc(C)n1. The molecule has 2 rings (SSSR count). The minimum atomic E-state index is 0.615. The summed E-state index contributed by atoms with van der Waals surface area (Å²) < 4.78 is 7.02. The zero-order valence-corrected chi connectivity index (χ0v) is 10.2. The number of hydrogen-bond acceptors (Lipinski definition) is 5. The first kappa shape index (κ1) is 11.8. The van der Waals surface area contributed by atoms with Crippen molar-refractivity contribution in [2.24, 2.45) is 0 Å². The molecule has 17 heavy (non-hydrogen) atoms. The number of rotatable bonds is 6. The van der Waals surface area contributed by atoms with Crippen molar-refractivity contribution in [2.75, 3.05) is 6.54 Å². The van der Waals surface area contributed by atoms with Gasteiger partial charge >= 0.3 is 0 Å². The molecule has 2 aromatic heterocycles. The first-order valence-electron chi connectivity index (χ1n) is 5.78. The molecule has 1 N–H and O–H groups in total. The fraction of sp³-hybridized carbons (Fsp3) is 0.545. The van der Waals surface area contributed by atoms with Crippen LogP contribution in [-0.2, 0) is 19.5 Å². The van der Waals surface area contributed by atoms with Gasteiger partial charge < -0.3 is 14.4 Å². The summed E-state index contributed by atoms with van der Waals surface area (Å²) in [5.74, 6) is 1.36. The number of nitrogens with one attached hydrogen (secondary N) is 1. The Morgan fingerprint density at radius 1 is 1.47 bits per heavy atom. The molecule has 0 aliphatic heterocycles. The van der Waals surface area contributed by atoms with E-state index in [1.165, 1.54) is 5.69 Å². The third kappa shape index (κ3) is 3.13.